The van der Waals surface area contributed by atoms with Gasteiger partial charge < -0.3 is 10.6 Å². The minimum atomic E-state index is -2.91. The average molecular weight is 500 g/mol. The van der Waals surface area contributed by atoms with Gasteiger partial charge in [0.1, 0.15) is 9.84 Å². The lowest BCUT2D eigenvalue weighted by Crippen LogP contribution is -2.38. The Morgan fingerprint density at radius 3 is 2.60 bits per heavy atom. The van der Waals surface area contributed by atoms with E-state index in [0.717, 1.165) is 30.4 Å². The van der Waals surface area contributed by atoms with Gasteiger partial charge in [0.05, 0.1) is 12.3 Å². The fourth-order valence-corrected chi connectivity index (χ4v) is 3.48. The van der Waals surface area contributed by atoms with Crippen molar-refractivity contribution in [1.82, 2.24) is 10.6 Å². The lowest BCUT2D eigenvalue weighted by atomic mass is 9.96. The van der Waals surface area contributed by atoms with E-state index in [-0.39, 0.29) is 35.1 Å². The Balaban J connectivity index is 0.00000312. The van der Waals surface area contributed by atoms with Gasteiger partial charge in [-0.3, -0.25) is 4.99 Å². The highest BCUT2D eigenvalue weighted by molar-refractivity contribution is 14.0. The Bertz CT molecular complexity index is 691. The maximum atomic E-state index is 11.2. The van der Waals surface area contributed by atoms with Crippen LogP contribution in [0, 0.1) is 0 Å². The number of nitrogens with zero attached hydrogens (tertiary/aromatic N) is 1. The third kappa shape index (κ3) is 7.70. The van der Waals surface area contributed by atoms with Crippen LogP contribution in [0.4, 0.5) is 0 Å². The fourth-order valence-electron chi connectivity index (χ4n) is 2.62. The molecule has 0 bridgehead atoms. The van der Waals surface area contributed by atoms with Crippen molar-refractivity contribution in [2.75, 3.05) is 31.6 Å². The van der Waals surface area contributed by atoms with E-state index in [9.17, 15) is 8.42 Å². The second-order valence-electron chi connectivity index (χ2n) is 6.40. The fraction of sp³-hybridized carbons (Fsp3) is 0.588. The number of aliphatic imine (C=N–C) groups is 1. The van der Waals surface area contributed by atoms with Crippen LogP contribution in [0.1, 0.15) is 31.7 Å². The van der Waals surface area contributed by atoms with Gasteiger partial charge in [-0.05, 0) is 43.9 Å². The molecular formula is C17H27ClIN3O2S. The molecule has 0 spiro atoms. The van der Waals surface area contributed by atoms with Gasteiger partial charge in [-0.15, -0.1) is 24.0 Å². The lowest BCUT2D eigenvalue weighted by Gasteiger charge is -2.16. The van der Waals surface area contributed by atoms with E-state index in [2.05, 4.69) is 21.7 Å². The molecule has 1 aliphatic carbocycles. The van der Waals surface area contributed by atoms with Gasteiger partial charge >= 0.3 is 0 Å². The summed E-state index contributed by atoms with van der Waals surface area (Å²) in [5.41, 5.74) is 1.34. The minimum absolute atomic E-state index is 0. The maximum Gasteiger partial charge on any atom is 0.191 e. The molecule has 142 valence electrons. The Hall–Kier alpha value is -0.540. The summed E-state index contributed by atoms with van der Waals surface area (Å²) in [4.78, 5) is 4.69. The molecule has 2 N–H and O–H groups in total. The van der Waals surface area contributed by atoms with Gasteiger partial charge in [-0.1, -0.05) is 23.7 Å². The van der Waals surface area contributed by atoms with Gasteiger partial charge in [0.2, 0.25) is 0 Å². The monoisotopic (exact) mass is 499 g/mol. The zero-order valence-electron chi connectivity index (χ0n) is 14.7. The van der Waals surface area contributed by atoms with Crippen LogP contribution in [0.5, 0.6) is 0 Å². The average Bonchev–Trinajstić information content (AvgIpc) is 3.29. The molecule has 1 fully saturated rings. The number of guanidine groups is 1. The lowest BCUT2D eigenvalue weighted by molar-refractivity contribution is 0.598. The molecule has 0 aliphatic heterocycles. The molecule has 1 aromatic rings. The number of sulfone groups is 1. The van der Waals surface area contributed by atoms with Gasteiger partial charge in [-0.2, -0.15) is 0 Å². The molecule has 1 saturated carbocycles. The molecule has 2 rings (SSSR count). The van der Waals surface area contributed by atoms with Crippen molar-refractivity contribution >= 4 is 51.4 Å². The topological polar surface area (TPSA) is 70.6 Å². The first kappa shape index (κ1) is 22.5. The number of hydrogen-bond donors (Lipinski definition) is 2. The molecule has 0 aromatic heterocycles. The van der Waals surface area contributed by atoms with Gasteiger partial charge in [0, 0.05) is 29.8 Å². The molecule has 8 heteroatoms. The second-order valence-corrected chi connectivity index (χ2v) is 9.09. The number of benzene rings is 1. The van der Waals surface area contributed by atoms with Crippen molar-refractivity contribution in [2.24, 2.45) is 4.99 Å². The standard InChI is InChI=1S/C17H26ClN3O2S.HI/c1-3-19-16(20-10-5-11-24(2,22)23)21-13-17(8-9-17)14-6-4-7-15(18)12-14;/h4,6-7,12H,3,5,8-11,13H2,1-2H3,(H2,19,20,21);1H. The van der Waals surface area contributed by atoms with E-state index in [1.807, 2.05) is 25.1 Å². The van der Waals surface area contributed by atoms with Crippen molar-refractivity contribution in [3.05, 3.63) is 34.9 Å². The number of rotatable bonds is 8. The Morgan fingerprint density at radius 1 is 1.32 bits per heavy atom. The molecule has 1 aromatic carbocycles. The summed E-state index contributed by atoms with van der Waals surface area (Å²) in [5.74, 6) is 0.922. The molecular weight excluding hydrogens is 473 g/mol. The highest BCUT2D eigenvalue weighted by Gasteiger charge is 2.44. The number of hydrogen-bond acceptors (Lipinski definition) is 3. The first-order chi connectivity index (χ1) is 11.3. The van der Waals surface area contributed by atoms with Crippen LogP contribution in [-0.2, 0) is 15.3 Å². The van der Waals surface area contributed by atoms with Crippen molar-refractivity contribution in [1.29, 1.82) is 0 Å². The van der Waals surface area contributed by atoms with Crippen LogP contribution in [0.25, 0.3) is 0 Å². The van der Waals surface area contributed by atoms with Crippen LogP contribution in [0.2, 0.25) is 5.02 Å². The summed E-state index contributed by atoms with van der Waals surface area (Å²) < 4.78 is 22.3. The summed E-state index contributed by atoms with van der Waals surface area (Å²) in [6, 6.07) is 8.01. The van der Waals surface area contributed by atoms with Crippen LogP contribution in [-0.4, -0.2) is 46.0 Å². The number of nitrogens with one attached hydrogen (secondary N) is 2. The quantitative estimate of drug-likeness (QED) is 0.250. The van der Waals surface area contributed by atoms with Gasteiger partial charge in [-0.25, -0.2) is 8.42 Å². The van der Waals surface area contributed by atoms with Gasteiger partial charge in [0.25, 0.3) is 0 Å². The maximum absolute atomic E-state index is 11.2. The normalized spacial score (nSPS) is 16.0. The smallest absolute Gasteiger partial charge is 0.191 e. The summed E-state index contributed by atoms with van der Waals surface area (Å²) >= 11 is 6.10. The Labute approximate surface area is 173 Å². The molecule has 0 radical (unpaired) electrons. The Morgan fingerprint density at radius 2 is 2.04 bits per heavy atom. The molecule has 0 atom stereocenters. The van der Waals surface area contributed by atoms with Crippen LogP contribution in [0.3, 0.4) is 0 Å². The van der Waals surface area contributed by atoms with Crippen molar-refractivity contribution < 1.29 is 8.42 Å². The summed E-state index contributed by atoms with van der Waals surface area (Å²) in [6.45, 7) is 4.07. The summed E-state index contributed by atoms with van der Waals surface area (Å²) in [7, 11) is -2.91. The van der Waals surface area contributed by atoms with E-state index in [0.29, 0.717) is 19.5 Å². The molecule has 1 aliphatic rings. The van der Waals surface area contributed by atoms with Crippen molar-refractivity contribution in [2.45, 2.75) is 31.6 Å². The zero-order valence-corrected chi connectivity index (χ0v) is 18.6. The third-order valence-electron chi connectivity index (χ3n) is 4.16. The molecule has 0 amide bonds. The van der Waals surface area contributed by atoms with Crippen LogP contribution >= 0.6 is 35.6 Å². The Kier molecular flexibility index (Phi) is 8.97. The predicted molar refractivity (Wildman–Crippen MR) is 116 cm³/mol. The summed E-state index contributed by atoms with van der Waals surface area (Å²) in [6.07, 6.45) is 4.06. The number of halogens is 2. The summed E-state index contributed by atoms with van der Waals surface area (Å²) in [5, 5.41) is 7.17. The van der Waals surface area contributed by atoms with E-state index in [1.54, 1.807) is 0 Å². The zero-order chi connectivity index (χ0) is 17.6. The minimum Gasteiger partial charge on any atom is -0.357 e. The van der Waals surface area contributed by atoms with Crippen LogP contribution in [0.15, 0.2) is 29.3 Å². The van der Waals surface area contributed by atoms with E-state index in [4.69, 9.17) is 11.6 Å². The predicted octanol–water partition coefficient (Wildman–Crippen LogP) is 2.98. The third-order valence-corrected chi connectivity index (χ3v) is 5.42. The largest absolute Gasteiger partial charge is 0.357 e. The molecule has 25 heavy (non-hydrogen) atoms. The van der Waals surface area contributed by atoms with Crippen LogP contribution < -0.4 is 10.6 Å². The SMILES string of the molecule is CCNC(=NCC1(c2cccc(Cl)c2)CC1)NCCCS(C)(=O)=O.I. The van der Waals surface area contributed by atoms with Gasteiger partial charge in [0.15, 0.2) is 5.96 Å². The van der Waals surface area contributed by atoms with E-state index < -0.39 is 9.84 Å². The van der Waals surface area contributed by atoms with E-state index >= 15 is 0 Å². The molecule has 0 saturated heterocycles. The molecule has 0 unspecified atom stereocenters. The van der Waals surface area contributed by atoms with E-state index in [1.165, 1.54) is 11.8 Å². The second kappa shape index (κ2) is 9.97. The highest BCUT2D eigenvalue weighted by atomic mass is 127. The highest BCUT2D eigenvalue weighted by Crippen LogP contribution is 2.48. The van der Waals surface area contributed by atoms with Crippen molar-refractivity contribution in [3.8, 4) is 0 Å². The molecule has 5 nitrogen and oxygen atoms in total. The first-order valence-electron chi connectivity index (χ1n) is 8.31. The van der Waals surface area contributed by atoms with Crippen molar-refractivity contribution in [3.63, 3.8) is 0 Å². The first-order valence-corrected chi connectivity index (χ1v) is 10.7. The molecule has 0 heterocycles.